The van der Waals surface area contributed by atoms with Gasteiger partial charge in [0, 0.05) is 6.54 Å². The van der Waals surface area contributed by atoms with Gasteiger partial charge in [-0.05, 0) is 12.5 Å². The number of rotatable bonds is 9. The summed E-state index contributed by atoms with van der Waals surface area (Å²) in [6.45, 7) is 3.47. The fourth-order valence-electron chi connectivity index (χ4n) is 1.85. The van der Waals surface area contributed by atoms with Gasteiger partial charge in [0.25, 0.3) is 0 Å². The summed E-state index contributed by atoms with van der Waals surface area (Å²) in [5.41, 5.74) is 0. The van der Waals surface area contributed by atoms with E-state index < -0.39 is 4.92 Å². The molecule has 122 valence electrons. The zero-order valence-electron chi connectivity index (χ0n) is 12.5. The Morgan fingerprint density at radius 2 is 2.09 bits per heavy atom. The molecular formula is C14H16N4O5. The van der Waals surface area contributed by atoms with Crippen molar-refractivity contribution in [2.45, 2.75) is 13.3 Å². The van der Waals surface area contributed by atoms with E-state index in [4.69, 9.17) is 9.15 Å². The van der Waals surface area contributed by atoms with Crippen molar-refractivity contribution < 1.29 is 18.9 Å². The minimum atomic E-state index is -0.629. The van der Waals surface area contributed by atoms with Crippen LogP contribution in [0.1, 0.15) is 13.3 Å². The maximum Gasteiger partial charge on any atom is 0.433 e. The van der Waals surface area contributed by atoms with Gasteiger partial charge in [-0.1, -0.05) is 6.92 Å². The molecule has 2 rings (SSSR count). The highest BCUT2D eigenvalue weighted by molar-refractivity contribution is 5.49. The van der Waals surface area contributed by atoms with E-state index in [0.717, 1.165) is 12.8 Å². The van der Waals surface area contributed by atoms with Gasteiger partial charge in [-0.3, -0.25) is 14.9 Å². The maximum atomic E-state index is 10.8. The van der Waals surface area contributed by atoms with Crippen LogP contribution in [0.3, 0.4) is 0 Å². The number of amides is 1. The van der Waals surface area contributed by atoms with Gasteiger partial charge in [-0.15, -0.1) is 0 Å². The van der Waals surface area contributed by atoms with Crippen LogP contribution in [0, 0.1) is 10.1 Å². The van der Waals surface area contributed by atoms with Crippen molar-refractivity contribution >= 4 is 12.3 Å². The number of carbonyl (C=O) groups is 1. The van der Waals surface area contributed by atoms with Gasteiger partial charge in [0.05, 0.1) is 25.0 Å². The molecule has 0 bridgehead atoms. The van der Waals surface area contributed by atoms with Crippen LogP contribution in [0.15, 0.2) is 28.9 Å². The molecule has 0 fully saturated rings. The molecule has 0 aliphatic heterocycles. The van der Waals surface area contributed by atoms with Crippen molar-refractivity contribution in [2.75, 3.05) is 19.7 Å². The molecule has 0 unspecified atom stereocenters. The van der Waals surface area contributed by atoms with Crippen LogP contribution in [0.25, 0.3) is 11.6 Å². The van der Waals surface area contributed by atoms with Crippen molar-refractivity contribution in [3.63, 3.8) is 0 Å². The van der Waals surface area contributed by atoms with E-state index in [1.54, 1.807) is 4.90 Å². The molecular weight excluding hydrogens is 304 g/mol. The predicted molar refractivity (Wildman–Crippen MR) is 79.8 cm³/mol. The van der Waals surface area contributed by atoms with Crippen LogP contribution in [0.4, 0.5) is 5.88 Å². The Morgan fingerprint density at radius 3 is 2.65 bits per heavy atom. The summed E-state index contributed by atoms with van der Waals surface area (Å²) in [6.07, 6.45) is 4.56. The summed E-state index contributed by atoms with van der Waals surface area (Å²) in [7, 11) is 0. The predicted octanol–water partition coefficient (Wildman–Crippen LogP) is 1.89. The summed E-state index contributed by atoms with van der Waals surface area (Å²) >= 11 is 0. The van der Waals surface area contributed by atoms with Crippen molar-refractivity contribution in [1.29, 1.82) is 0 Å². The van der Waals surface area contributed by atoms with Crippen LogP contribution >= 0.6 is 0 Å². The first-order valence-electron chi connectivity index (χ1n) is 7.02. The highest BCUT2D eigenvalue weighted by atomic mass is 16.6. The Kier molecular flexibility index (Phi) is 5.61. The first kappa shape index (κ1) is 16.4. The SMILES string of the molecule is CCCN(C=O)CCOc1cnc(-c2ccc([N+](=O)[O-])o2)nc1. The first-order chi connectivity index (χ1) is 11.1. The Balaban J connectivity index is 1.91. The van der Waals surface area contributed by atoms with E-state index in [9.17, 15) is 14.9 Å². The van der Waals surface area contributed by atoms with E-state index >= 15 is 0 Å². The molecule has 0 aliphatic rings. The average molecular weight is 320 g/mol. The average Bonchev–Trinajstić information content (AvgIpc) is 3.05. The molecule has 2 heterocycles. The second-order valence-corrected chi connectivity index (χ2v) is 4.63. The monoisotopic (exact) mass is 320 g/mol. The summed E-state index contributed by atoms with van der Waals surface area (Å²) in [5, 5.41) is 10.6. The third-order valence-electron chi connectivity index (χ3n) is 2.93. The number of furan rings is 1. The molecule has 0 radical (unpaired) electrons. The normalized spacial score (nSPS) is 10.3. The van der Waals surface area contributed by atoms with Gasteiger partial charge in [0.2, 0.25) is 6.41 Å². The van der Waals surface area contributed by atoms with E-state index in [-0.39, 0.29) is 17.5 Å². The second-order valence-electron chi connectivity index (χ2n) is 4.63. The lowest BCUT2D eigenvalue weighted by atomic mass is 10.4. The fraction of sp³-hybridized carbons (Fsp3) is 0.357. The van der Waals surface area contributed by atoms with Crippen LogP contribution in [0.5, 0.6) is 5.75 Å². The molecule has 0 spiro atoms. The molecule has 0 N–H and O–H groups in total. The third-order valence-corrected chi connectivity index (χ3v) is 2.93. The van der Waals surface area contributed by atoms with Gasteiger partial charge in [0.1, 0.15) is 11.5 Å². The maximum absolute atomic E-state index is 10.8. The number of ether oxygens (including phenoxy) is 1. The summed E-state index contributed by atoms with van der Waals surface area (Å²) in [4.78, 5) is 30.4. The molecule has 2 aromatic rings. The highest BCUT2D eigenvalue weighted by Crippen LogP contribution is 2.23. The molecule has 0 aromatic carbocycles. The number of hydrogen-bond acceptors (Lipinski definition) is 7. The third kappa shape index (κ3) is 4.50. The first-order valence-corrected chi connectivity index (χ1v) is 7.02. The van der Waals surface area contributed by atoms with E-state index in [1.807, 2.05) is 6.92 Å². The van der Waals surface area contributed by atoms with Crippen molar-refractivity contribution in [3.05, 3.63) is 34.6 Å². The largest absolute Gasteiger partial charge is 0.489 e. The highest BCUT2D eigenvalue weighted by Gasteiger charge is 2.14. The van der Waals surface area contributed by atoms with E-state index in [0.29, 0.717) is 25.4 Å². The zero-order chi connectivity index (χ0) is 16.7. The van der Waals surface area contributed by atoms with Crippen LogP contribution < -0.4 is 4.74 Å². The number of carbonyl (C=O) groups excluding carboxylic acids is 1. The molecule has 23 heavy (non-hydrogen) atoms. The Bertz CT molecular complexity index is 655. The van der Waals surface area contributed by atoms with Gasteiger partial charge in [0.15, 0.2) is 17.3 Å². The lowest BCUT2D eigenvalue weighted by Gasteiger charge is -2.16. The van der Waals surface area contributed by atoms with E-state index in [2.05, 4.69) is 9.97 Å². The van der Waals surface area contributed by atoms with Crippen molar-refractivity contribution in [2.24, 2.45) is 0 Å². The lowest BCUT2D eigenvalue weighted by molar-refractivity contribution is -0.401. The number of nitrogens with zero attached hydrogens (tertiary/aromatic N) is 4. The molecule has 0 saturated heterocycles. The molecule has 9 heteroatoms. The van der Waals surface area contributed by atoms with Gasteiger partial charge >= 0.3 is 5.88 Å². The Morgan fingerprint density at radius 1 is 1.35 bits per heavy atom. The van der Waals surface area contributed by atoms with Crippen molar-refractivity contribution in [1.82, 2.24) is 14.9 Å². The smallest absolute Gasteiger partial charge is 0.433 e. The fourth-order valence-corrected chi connectivity index (χ4v) is 1.85. The number of nitro groups is 1. The molecule has 0 aliphatic carbocycles. The zero-order valence-corrected chi connectivity index (χ0v) is 12.5. The van der Waals surface area contributed by atoms with Gasteiger partial charge in [-0.25, -0.2) is 9.97 Å². The topological polar surface area (TPSA) is 112 Å². The van der Waals surface area contributed by atoms with Gasteiger partial charge in [-0.2, -0.15) is 0 Å². The summed E-state index contributed by atoms with van der Waals surface area (Å²) in [6, 6.07) is 2.67. The molecule has 0 atom stereocenters. The summed E-state index contributed by atoms with van der Waals surface area (Å²) in [5.74, 6) is 0.509. The molecule has 0 saturated carbocycles. The minimum absolute atomic E-state index is 0.207. The molecule has 1 amide bonds. The lowest BCUT2D eigenvalue weighted by Crippen LogP contribution is -2.27. The number of aromatic nitrogens is 2. The van der Waals surface area contributed by atoms with E-state index in [1.165, 1.54) is 24.5 Å². The number of hydrogen-bond donors (Lipinski definition) is 0. The van der Waals surface area contributed by atoms with Gasteiger partial charge < -0.3 is 14.1 Å². The Hall–Kier alpha value is -2.97. The molecule has 2 aromatic heterocycles. The molecule has 9 nitrogen and oxygen atoms in total. The van der Waals surface area contributed by atoms with Crippen LogP contribution in [-0.2, 0) is 4.79 Å². The van der Waals surface area contributed by atoms with Crippen LogP contribution in [-0.4, -0.2) is 45.9 Å². The standard InChI is InChI=1S/C14H16N4O5/c1-2-5-17(10-19)6-7-22-11-8-15-14(16-9-11)12-3-4-13(23-12)18(20)21/h3-4,8-10H,2,5-7H2,1H3. The minimum Gasteiger partial charge on any atom is -0.489 e. The van der Waals surface area contributed by atoms with Crippen molar-refractivity contribution in [3.8, 4) is 17.3 Å². The Labute approximate surface area is 132 Å². The quantitative estimate of drug-likeness (QED) is 0.394. The van der Waals surface area contributed by atoms with Crippen LogP contribution in [0.2, 0.25) is 0 Å². The summed E-state index contributed by atoms with van der Waals surface area (Å²) < 4.78 is 10.5. The second kappa shape index (κ2) is 7.87.